The van der Waals surface area contributed by atoms with E-state index in [1.54, 1.807) is 24.4 Å². The summed E-state index contributed by atoms with van der Waals surface area (Å²) in [5.74, 6) is -0.674. The number of carboxylic acid groups (broad SMARTS) is 1. The van der Waals surface area contributed by atoms with Crippen LogP contribution in [0.15, 0.2) is 30.5 Å². The van der Waals surface area contributed by atoms with Crippen LogP contribution in [0.4, 0.5) is 0 Å². The summed E-state index contributed by atoms with van der Waals surface area (Å²) < 4.78 is 5.87. The van der Waals surface area contributed by atoms with Gasteiger partial charge in [0.2, 0.25) is 0 Å². The third kappa shape index (κ3) is 2.95. The highest BCUT2D eigenvalue weighted by molar-refractivity contribution is 7.15. The van der Waals surface area contributed by atoms with Gasteiger partial charge in [0, 0.05) is 6.20 Å². The van der Waals surface area contributed by atoms with E-state index in [0.717, 1.165) is 4.88 Å². The minimum atomic E-state index is -1.01. The van der Waals surface area contributed by atoms with E-state index in [2.05, 4.69) is 4.98 Å². The number of ether oxygens (including phenoxy) is 1. The van der Waals surface area contributed by atoms with E-state index < -0.39 is 5.97 Å². The van der Waals surface area contributed by atoms with Crippen LogP contribution >= 0.6 is 22.9 Å². The Hall–Kier alpha value is -1.59. The number of carbonyl (C=O) groups is 1. The van der Waals surface area contributed by atoms with E-state index in [9.17, 15) is 4.79 Å². The number of aromatic nitrogens is 1. The maximum Gasteiger partial charge on any atom is 0.339 e. The van der Waals surface area contributed by atoms with Crippen molar-refractivity contribution in [2.24, 2.45) is 0 Å². The van der Waals surface area contributed by atoms with Crippen LogP contribution < -0.4 is 4.74 Å². The van der Waals surface area contributed by atoms with Gasteiger partial charge in [-0.1, -0.05) is 23.7 Å². The second-order valence-electron chi connectivity index (χ2n) is 3.17. The van der Waals surface area contributed by atoms with Crippen molar-refractivity contribution < 1.29 is 14.6 Å². The van der Waals surface area contributed by atoms with Gasteiger partial charge in [0.05, 0.1) is 4.88 Å². The van der Waals surface area contributed by atoms with Crippen molar-refractivity contribution in [2.75, 3.05) is 0 Å². The van der Waals surface area contributed by atoms with Gasteiger partial charge in [-0.05, 0) is 12.1 Å². The Morgan fingerprint density at radius 3 is 2.88 bits per heavy atom. The molecule has 0 aliphatic rings. The lowest BCUT2D eigenvalue weighted by molar-refractivity contribution is 0.0692. The molecule has 0 spiro atoms. The van der Waals surface area contributed by atoms with Crippen molar-refractivity contribution in [3.63, 3.8) is 0 Å². The Labute approximate surface area is 106 Å². The van der Waals surface area contributed by atoms with Crippen LogP contribution in [-0.2, 0) is 6.61 Å². The van der Waals surface area contributed by atoms with Gasteiger partial charge in [-0.2, -0.15) is 0 Å². The number of hydrogen-bond donors (Lipinski definition) is 1. The molecular formula is C11H8ClNO3S. The molecule has 1 heterocycles. The molecular weight excluding hydrogens is 262 g/mol. The third-order valence-corrected chi connectivity index (χ3v) is 3.10. The number of hydrogen-bond acceptors (Lipinski definition) is 4. The topological polar surface area (TPSA) is 59.4 Å². The summed E-state index contributed by atoms with van der Waals surface area (Å²) in [6.45, 7) is 0.259. The van der Waals surface area contributed by atoms with Crippen LogP contribution in [0.1, 0.15) is 15.2 Å². The Morgan fingerprint density at radius 2 is 2.24 bits per heavy atom. The summed E-state index contributed by atoms with van der Waals surface area (Å²) in [5, 5.41) is 8.96. The van der Waals surface area contributed by atoms with Crippen LogP contribution in [0.5, 0.6) is 5.75 Å². The summed E-state index contributed by atoms with van der Waals surface area (Å²) in [5.41, 5.74) is 0.142. The zero-order valence-corrected chi connectivity index (χ0v) is 10.2. The molecule has 2 aromatic rings. The predicted molar refractivity (Wildman–Crippen MR) is 64.9 cm³/mol. The van der Waals surface area contributed by atoms with Crippen LogP contribution in [0, 0.1) is 0 Å². The molecule has 88 valence electrons. The number of rotatable bonds is 4. The molecule has 17 heavy (non-hydrogen) atoms. The lowest BCUT2D eigenvalue weighted by atomic mass is 10.2. The SMILES string of the molecule is O=C(O)c1ccccc1OCc1cnc(Cl)s1. The van der Waals surface area contributed by atoms with Gasteiger partial charge in [0.1, 0.15) is 17.9 Å². The first-order valence-corrected chi connectivity index (χ1v) is 5.91. The summed E-state index contributed by atoms with van der Waals surface area (Å²) in [6, 6.07) is 6.49. The fourth-order valence-corrected chi connectivity index (χ4v) is 2.16. The van der Waals surface area contributed by atoms with Crippen molar-refractivity contribution in [2.45, 2.75) is 6.61 Å². The Bertz CT molecular complexity index is 541. The average Bonchev–Trinajstić information content (AvgIpc) is 2.73. The highest BCUT2D eigenvalue weighted by atomic mass is 35.5. The van der Waals surface area contributed by atoms with E-state index >= 15 is 0 Å². The molecule has 0 amide bonds. The molecule has 0 bridgehead atoms. The number of thiazole rings is 1. The van der Waals surface area contributed by atoms with Crippen LogP contribution in [0.25, 0.3) is 0 Å². The summed E-state index contributed by atoms with van der Waals surface area (Å²) in [4.78, 5) is 15.6. The van der Waals surface area contributed by atoms with Crippen molar-refractivity contribution in [1.29, 1.82) is 0 Å². The molecule has 0 fully saturated rings. The number of para-hydroxylation sites is 1. The molecule has 0 radical (unpaired) electrons. The van der Waals surface area contributed by atoms with Gasteiger partial charge in [-0.15, -0.1) is 11.3 Å². The normalized spacial score (nSPS) is 10.2. The second-order valence-corrected chi connectivity index (χ2v) is 4.87. The fourth-order valence-electron chi connectivity index (χ4n) is 1.27. The molecule has 1 N–H and O–H groups in total. The van der Waals surface area contributed by atoms with Gasteiger partial charge in [0.15, 0.2) is 4.47 Å². The van der Waals surface area contributed by atoms with Gasteiger partial charge in [-0.25, -0.2) is 9.78 Å². The third-order valence-electron chi connectivity index (χ3n) is 2.01. The average molecular weight is 270 g/mol. The predicted octanol–water partition coefficient (Wildman–Crippen LogP) is 3.07. The molecule has 0 saturated heterocycles. The Kier molecular flexibility index (Phi) is 3.61. The van der Waals surface area contributed by atoms with Gasteiger partial charge in [0.25, 0.3) is 0 Å². The Morgan fingerprint density at radius 1 is 1.47 bits per heavy atom. The highest BCUT2D eigenvalue weighted by Gasteiger charge is 2.10. The maximum atomic E-state index is 10.9. The molecule has 4 nitrogen and oxygen atoms in total. The second kappa shape index (κ2) is 5.16. The van der Waals surface area contributed by atoms with E-state index in [1.807, 2.05) is 0 Å². The van der Waals surface area contributed by atoms with Crippen LogP contribution in [-0.4, -0.2) is 16.1 Å². The van der Waals surface area contributed by atoms with Crippen molar-refractivity contribution in [1.82, 2.24) is 4.98 Å². The lowest BCUT2D eigenvalue weighted by Gasteiger charge is -2.06. The highest BCUT2D eigenvalue weighted by Crippen LogP contribution is 2.22. The van der Waals surface area contributed by atoms with Gasteiger partial charge < -0.3 is 9.84 Å². The molecule has 0 atom stereocenters. The van der Waals surface area contributed by atoms with Crippen molar-refractivity contribution >= 4 is 28.9 Å². The number of nitrogens with zero attached hydrogens (tertiary/aromatic N) is 1. The molecule has 2 rings (SSSR count). The largest absolute Gasteiger partial charge is 0.487 e. The fraction of sp³-hybridized carbons (Fsp3) is 0.0909. The minimum Gasteiger partial charge on any atom is -0.487 e. The van der Waals surface area contributed by atoms with Crippen LogP contribution in [0.3, 0.4) is 0 Å². The first-order valence-electron chi connectivity index (χ1n) is 4.72. The van der Waals surface area contributed by atoms with Gasteiger partial charge in [-0.3, -0.25) is 0 Å². The zero-order chi connectivity index (χ0) is 12.3. The number of carboxylic acids is 1. The standard InChI is InChI=1S/C11H8ClNO3S/c12-11-13-5-7(17-11)6-16-9-4-2-1-3-8(9)10(14)15/h1-5H,6H2,(H,14,15). The monoisotopic (exact) mass is 269 g/mol. The number of halogens is 1. The molecule has 0 saturated carbocycles. The number of benzene rings is 1. The first-order chi connectivity index (χ1) is 8.16. The van der Waals surface area contributed by atoms with Crippen molar-refractivity contribution in [3.8, 4) is 5.75 Å². The lowest BCUT2D eigenvalue weighted by Crippen LogP contribution is -2.02. The molecule has 0 unspecified atom stereocenters. The van der Waals surface area contributed by atoms with E-state index in [0.29, 0.717) is 10.2 Å². The summed E-state index contributed by atoms with van der Waals surface area (Å²) >= 11 is 6.98. The van der Waals surface area contributed by atoms with E-state index in [1.165, 1.54) is 17.4 Å². The minimum absolute atomic E-state index is 0.142. The summed E-state index contributed by atoms with van der Waals surface area (Å²) in [7, 11) is 0. The van der Waals surface area contributed by atoms with Gasteiger partial charge >= 0.3 is 5.97 Å². The quantitative estimate of drug-likeness (QED) is 0.927. The van der Waals surface area contributed by atoms with Crippen LogP contribution in [0.2, 0.25) is 4.47 Å². The Balaban J connectivity index is 2.11. The molecule has 1 aromatic heterocycles. The molecule has 0 aliphatic carbocycles. The van der Waals surface area contributed by atoms with E-state index in [-0.39, 0.29) is 12.2 Å². The summed E-state index contributed by atoms with van der Waals surface area (Å²) in [6.07, 6.45) is 1.61. The molecule has 1 aromatic carbocycles. The number of aromatic carboxylic acids is 1. The van der Waals surface area contributed by atoms with E-state index in [4.69, 9.17) is 21.4 Å². The molecule has 6 heteroatoms. The maximum absolute atomic E-state index is 10.9. The molecule has 0 aliphatic heterocycles. The zero-order valence-electron chi connectivity index (χ0n) is 8.59. The smallest absolute Gasteiger partial charge is 0.339 e. The first kappa shape index (κ1) is 11.9. The van der Waals surface area contributed by atoms with Crippen molar-refractivity contribution in [3.05, 3.63) is 45.4 Å².